The average molecular weight is 469 g/mol. The number of ketones is 2. The third-order valence-electron chi connectivity index (χ3n) is 6.65. The number of carbonyl (C=O) groups is 3. The molecular weight excluding hydrogens is 432 g/mol. The Labute approximate surface area is 201 Å². The summed E-state index contributed by atoms with van der Waals surface area (Å²) in [5.74, 6) is -1.18. The normalized spacial score (nSPS) is 15.9. The molecule has 1 aliphatic carbocycles. The van der Waals surface area contributed by atoms with E-state index < -0.39 is 11.6 Å². The van der Waals surface area contributed by atoms with Crippen molar-refractivity contribution >= 4 is 34.2 Å². The molecule has 1 saturated carbocycles. The van der Waals surface area contributed by atoms with Crippen LogP contribution in [0.5, 0.6) is 0 Å². The molecule has 7 nitrogen and oxygen atoms in total. The third-order valence-corrected chi connectivity index (χ3v) is 6.65. The second kappa shape index (κ2) is 11.6. The standard InChI is InChI=1S/C27H36N2O5/c1-4-6-7-9-12-23(28-34-19(3)30)25(31)22-18-29(5-2)24-14-13-20(17-21(22)24)26(32)27(33)15-10-8-11-16-27/h13-14,17-18,33H,4-12,15-16H2,1-3H3/b28-23+. The number of hydrogen-bond donors (Lipinski definition) is 1. The lowest BCUT2D eigenvalue weighted by molar-refractivity contribution is -0.140. The second-order valence-corrected chi connectivity index (χ2v) is 9.24. The number of carbonyl (C=O) groups excluding carboxylic acids is 3. The second-order valence-electron chi connectivity index (χ2n) is 9.24. The van der Waals surface area contributed by atoms with Crippen LogP contribution in [-0.4, -0.2) is 38.5 Å². The molecule has 1 fully saturated rings. The van der Waals surface area contributed by atoms with Crippen LogP contribution >= 0.6 is 0 Å². The number of rotatable bonds is 11. The maximum atomic E-state index is 13.5. The summed E-state index contributed by atoms with van der Waals surface area (Å²) < 4.78 is 1.95. The predicted octanol–water partition coefficient (Wildman–Crippen LogP) is 5.61. The lowest BCUT2D eigenvalue weighted by Crippen LogP contribution is -2.40. The van der Waals surface area contributed by atoms with E-state index in [1.807, 2.05) is 17.6 Å². The number of aromatic nitrogens is 1. The number of aliphatic hydroxyl groups is 1. The van der Waals surface area contributed by atoms with Gasteiger partial charge in [0.15, 0.2) is 5.78 Å². The van der Waals surface area contributed by atoms with Crippen LogP contribution in [0.4, 0.5) is 0 Å². The number of unbranched alkanes of at least 4 members (excludes halogenated alkanes) is 3. The molecule has 0 saturated heterocycles. The van der Waals surface area contributed by atoms with Crippen LogP contribution in [0.15, 0.2) is 29.6 Å². The summed E-state index contributed by atoms with van der Waals surface area (Å²) in [6.45, 7) is 5.99. The van der Waals surface area contributed by atoms with Gasteiger partial charge in [0.2, 0.25) is 5.78 Å². The molecule has 0 bridgehead atoms. The summed E-state index contributed by atoms with van der Waals surface area (Å²) in [7, 11) is 0. The fraction of sp³-hybridized carbons (Fsp3) is 0.556. The monoisotopic (exact) mass is 468 g/mol. The number of benzene rings is 1. The molecule has 0 aliphatic heterocycles. The Bertz CT molecular complexity index is 1080. The molecule has 7 heteroatoms. The van der Waals surface area contributed by atoms with Crippen molar-refractivity contribution in [2.45, 2.75) is 97.1 Å². The van der Waals surface area contributed by atoms with Gasteiger partial charge in [-0.2, -0.15) is 0 Å². The Kier molecular flexibility index (Phi) is 8.78. The number of fused-ring (bicyclic) bond motifs is 1. The van der Waals surface area contributed by atoms with Crippen molar-refractivity contribution in [1.82, 2.24) is 4.57 Å². The highest BCUT2D eigenvalue weighted by molar-refractivity contribution is 6.47. The van der Waals surface area contributed by atoms with E-state index in [1.54, 1.807) is 18.3 Å². The zero-order chi connectivity index (χ0) is 24.7. The van der Waals surface area contributed by atoms with E-state index >= 15 is 0 Å². The van der Waals surface area contributed by atoms with E-state index in [-0.39, 0.29) is 17.3 Å². The zero-order valence-electron chi connectivity index (χ0n) is 20.6. The first-order valence-electron chi connectivity index (χ1n) is 12.5. The van der Waals surface area contributed by atoms with Crippen LogP contribution in [0.1, 0.15) is 106 Å². The highest BCUT2D eigenvalue weighted by Gasteiger charge is 2.37. The molecular formula is C27H36N2O5. The lowest BCUT2D eigenvalue weighted by atomic mass is 9.79. The van der Waals surface area contributed by atoms with Crippen LogP contribution in [0, 0.1) is 0 Å². The van der Waals surface area contributed by atoms with Crippen LogP contribution in [0.3, 0.4) is 0 Å². The van der Waals surface area contributed by atoms with E-state index in [0.717, 1.165) is 50.5 Å². The van der Waals surface area contributed by atoms with E-state index in [0.29, 0.717) is 42.3 Å². The van der Waals surface area contributed by atoms with Crippen LogP contribution in [0.2, 0.25) is 0 Å². The minimum absolute atomic E-state index is 0.198. The molecule has 184 valence electrons. The van der Waals surface area contributed by atoms with Gasteiger partial charge < -0.3 is 14.5 Å². The highest BCUT2D eigenvalue weighted by Crippen LogP contribution is 2.33. The fourth-order valence-corrected chi connectivity index (χ4v) is 4.71. The lowest BCUT2D eigenvalue weighted by Gasteiger charge is -2.30. The Morgan fingerprint density at radius 2 is 1.82 bits per heavy atom. The summed E-state index contributed by atoms with van der Waals surface area (Å²) in [5.41, 5.74) is 0.509. The molecule has 1 heterocycles. The Hall–Kier alpha value is -2.80. The topological polar surface area (TPSA) is 98.0 Å². The average Bonchev–Trinajstić information content (AvgIpc) is 3.21. The first-order chi connectivity index (χ1) is 16.3. The Morgan fingerprint density at radius 3 is 2.47 bits per heavy atom. The largest absolute Gasteiger partial charge is 0.382 e. The quantitative estimate of drug-likeness (QED) is 0.152. The van der Waals surface area contributed by atoms with Gasteiger partial charge in [-0.15, -0.1) is 0 Å². The molecule has 0 spiro atoms. The van der Waals surface area contributed by atoms with Crippen LogP contribution in [-0.2, 0) is 16.2 Å². The van der Waals surface area contributed by atoms with Gasteiger partial charge in [0.05, 0.1) is 0 Å². The molecule has 0 atom stereocenters. The summed E-state index contributed by atoms with van der Waals surface area (Å²) in [4.78, 5) is 42.9. The SMILES string of the molecule is CCCCCC/C(=N\OC(C)=O)C(=O)c1cn(CC)c2ccc(C(=O)C3(O)CCCCC3)cc12. The molecule has 2 aromatic rings. The first-order valence-corrected chi connectivity index (χ1v) is 12.5. The van der Waals surface area contributed by atoms with E-state index in [2.05, 4.69) is 12.1 Å². The van der Waals surface area contributed by atoms with Crippen molar-refractivity contribution in [3.05, 3.63) is 35.5 Å². The summed E-state index contributed by atoms with van der Waals surface area (Å²) >= 11 is 0. The molecule has 3 rings (SSSR count). The van der Waals surface area contributed by atoms with Crippen molar-refractivity contribution < 1.29 is 24.3 Å². The maximum Gasteiger partial charge on any atom is 0.331 e. The van der Waals surface area contributed by atoms with Crippen molar-refractivity contribution in [3.63, 3.8) is 0 Å². The smallest absolute Gasteiger partial charge is 0.331 e. The van der Waals surface area contributed by atoms with Gasteiger partial charge in [0, 0.05) is 41.7 Å². The van der Waals surface area contributed by atoms with Gasteiger partial charge >= 0.3 is 5.97 Å². The Morgan fingerprint density at radius 1 is 1.09 bits per heavy atom. The summed E-state index contributed by atoms with van der Waals surface area (Å²) in [6, 6.07) is 5.28. The van der Waals surface area contributed by atoms with E-state index in [1.165, 1.54) is 6.92 Å². The van der Waals surface area contributed by atoms with Gasteiger partial charge in [-0.05, 0) is 50.8 Å². The fourth-order valence-electron chi connectivity index (χ4n) is 4.71. The zero-order valence-corrected chi connectivity index (χ0v) is 20.6. The van der Waals surface area contributed by atoms with Crippen molar-refractivity contribution in [2.75, 3.05) is 0 Å². The van der Waals surface area contributed by atoms with Crippen molar-refractivity contribution in [2.24, 2.45) is 5.16 Å². The molecule has 1 N–H and O–H groups in total. The Balaban J connectivity index is 1.99. The van der Waals surface area contributed by atoms with Gasteiger partial charge in [0.1, 0.15) is 11.3 Å². The number of nitrogens with zero attached hydrogens (tertiary/aromatic N) is 2. The van der Waals surface area contributed by atoms with Gasteiger partial charge in [-0.25, -0.2) is 4.79 Å². The summed E-state index contributed by atoms with van der Waals surface area (Å²) in [5, 5.41) is 15.5. The molecule has 1 aromatic heterocycles. The molecule has 34 heavy (non-hydrogen) atoms. The number of Topliss-reactive ketones (excluding diaryl/α,β-unsaturated/α-hetero) is 2. The van der Waals surface area contributed by atoms with Gasteiger partial charge in [-0.1, -0.05) is 50.6 Å². The van der Waals surface area contributed by atoms with Crippen LogP contribution in [0.25, 0.3) is 10.9 Å². The molecule has 0 radical (unpaired) electrons. The van der Waals surface area contributed by atoms with Crippen molar-refractivity contribution in [1.29, 1.82) is 0 Å². The molecule has 0 unspecified atom stereocenters. The van der Waals surface area contributed by atoms with E-state index in [4.69, 9.17) is 4.84 Å². The highest BCUT2D eigenvalue weighted by atomic mass is 16.7. The van der Waals surface area contributed by atoms with Gasteiger partial charge in [0.25, 0.3) is 0 Å². The minimum Gasteiger partial charge on any atom is -0.382 e. The first kappa shape index (κ1) is 25.8. The van der Waals surface area contributed by atoms with E-state index in [9.17, 15) is 19.5 Å². The molecule has 0 amide bonds. The number of hydrogen-bond acceptors (Lipinski definition) is 6. The minimum atomic E-state index is -1.34. The molecule has 1 aromatic carbocycles. The third kappa shape index (κ3) is 5.81. The van der Waals surface area contributed by atoms with Crippen LogP contribution < -0.4 is 0 Å². The number of oxime groups is 1. The summed E-state index contributed by atoms with van der Waals surface area (Å²) in [6.07, 6.45) is 9.62. The predicted molar refractivity (Wildman–Crippen MR) is 132 cm³/mol. The van der Waals surface area contributed by atoms with Gasteiger partial charge in [-0.3, -0.25) is 9.59 Å². The number of aryl methyl sites for hydroxylation is 1. The maximum absolute atomic E-state index is 13.5. The molecule has 1 aliphatic rings. The van der Waals surface area contributed by atoms with Crippen molar-refractivity contribution in [3.8, 4) is 0 Å².